The minimum Gasteiger partial charge on any atom is -0.381 e. The van der Waals surface area contributed by atoms with Gasteiger partial charge in [-0.15, -0.1) is 0 Å². The molecule has 2 aromatic rings. The number of benzene rings is 1. The fourth-order valence-electron chi connectivity index (χ4n) is 3.46. The van der Waals surface area contributed by atoms with E-state index in [0.29, 0.717) is 31.6 Å². The third-order valence-electron chi connectivity index (χ3n) is 5.07. The van der Waals surface area contributed by atoms with Crippen molar-refractivity contribution in [2.45, 2.75) is 38.4 Å². The van der Waals surface area contributed by atoms with Crippen LogP contribution >= 0.6 is 0 Å². The summed E-state index contributed by atoms with van der Waals surface area (Å²) in [6.45, 7) is 3.28. The molecule has 0 spiro atoms. The number of carbonyl (C=O) groups is 1. The maximum absolute atomic E-state index is 12.5. The number of aromatic nitrogens is 2. The number of amides is 2. The van der Waals surface area contributed by atoms with Gasteiger partial charge in [0.1, 0.15) is 0 Å². The molecule has 0 unspecified atom stereocenters. The van der Waals surface area contributed by atoms with Gasteiger partial charge in [-0.1, -0.05) is 30.3 Å². The third-order valence-corrected chi connectivity index (χ3v) is 5.07. The second kappa shape index (κ2) is 8.35. The summed E-state index contributed by atoms with van der Waals surface area (Å²) in [5.74, 6) is 0.646. The maximum Gasteiger partial charge on any atom is 0.318 e. The Morgan fingerprint density at radius 2 is 2.04 bits per heavy atom. The molecule has 2 aliphatic rings. The van der Waals surface area contributed by atoms with Gasteiger partial charge < -0.3 is 20.3 Å². The Bertz CT molecular complexity index is 777. The number of urea groups is 1. The summed E-state index contributed by atoms with van der Waals surface area (Å²) in [4.78, 5) is 23.5. The van der Waals surface area contributed by atoms with E-state index >= 15 is 0 Å². The van der Waals surface area contributed by atoms with Crippen molar-refractivity contribution in [1.82, 2.24) is 20.2 Å². The zero-order valence-corrected chi connectivity index (χ0v) is 15.4. The summed E-state index contributed by atoms with van der Waals surface area (Å²) in [6.07, 6.45) is 4.61. The molecule has 1 fully saturated rings. The van der Waals surface area contributed by atoms with E-state index in [2.05, 4.69) is 20.6 Å². The van der Waals surface area contributed by atoms with E-state index in [0.717, 1.165) is 49.3 Å². The van der Waals surface area contributed by atoms with Gasteiger partial charge in [0.25, 0.3) is 0 Å². The summed E-state index contributed by atoms with van der Waals surface area (Å²) in [7, 11) is 0. The molecule has 7 nitrogen and oxygen atoms in total. The summed E-state index contributed by atoms with van der Waals surface area (Å²) >= 11 is 0. The van der Waals surface area contributed by atoms with Crippen molar-refractivity contribution in [2.75, 3.05) is 25.1 Å². The summed E-state index contributed by atoms with van der Waals surface area (Å²) < 4.78 is 5.39. The van der Waals surface area contributed by atoms with Gasteiger partial charge in [0.05, 0.1) is 12.2 Å². The van der Waals surface area contributed by atoms with Crippen LogP contribution in [0.1, 0.15) is 29.7 Å². The van der Waals surface area contributed by atoms with Crippen LogP contribution in [0.2, 0.25) is 0 Å². The molecular weight excluding hydrogens is 342 g/mol. The summed E-state index contributed by atoms with van der Waals surface area (Å²) in [5, 5.41) is 6.39. The Morgan fingerprint density at radius 1 is 1.22 bits per heavy atom. The van der Waals surface area contributed by atoms with E-state index in [1.807, 2.05) is 41.4 Å². The van der Waals surface area contributed by atoms with Crippen molar-refractivity contribution in [3.8, 4) is 0 Å². The number of nitrogens with zero attached hydrogens (tertiary/aromatic N) is 3. The van der Waals surface area contributed by atoms with Gasteiger partial charge in [-0.25, -0.2) is 14.8 Å². The van der Waals surface area contributed by atoms with Gasteiger partial charge in [0.2, 0.25) is 5.95 Å². The van der Waals surface area contributed by atoms with Crippen LogP contribution in [-0.2, 0) is 24.2 Å². The lowest BCUT2D eigenvalue weighted by Gasteiger charge is -2.29. The van der Waals surface area contributed by atoms with Crippen molar-refractivity contribution >= 4 is 12.0 Å². The fraction of sp³-hybridized carbons (Fsp3) is 0.450. The number of ether oxygens (including phenoxy) is 1. The van der Waals surface area contributed by atoms with Crippen LogP contribution in [0.4, 0.5) is 10.7 Å². The fourth-order valence-corrected chi connectivity index (χ4v) is 3.46. The number of fused-ring (bicyclic) bond motifs is 1. The monoisotopic (exact) mass is 367 g/mol. The minimum atomic E-state index is -0.0537. The van der Waals surface area contributed by atoms with Crippen molar-refractivity contribution in [3.63, 3.8) is 0 Å². The predicted molar refractivity (Wildman–Crippen MR) is 102 cm³/mol. The average molecular weight is 367 g/mol. The molecule has 2 amide bonds. The molecule has 0 atom stereocenters. The SMILES string of the molecule is O=C(NCc1ccccc1)N1CCc2cnc(NC3CCOCC3)nc2C1. The Kier molecular flexibility index (Phi) is 5.48. The lowest BCUT2D eigenvalue weighted by Crippen LogP contribution is -2.43. The minimum absolute atomic E-state index is 0.0537. The molecule has 4 rings (SSSR count). The van der Waals surface area contributed by atoms with E-state index in [4.69, 9.17) is 4.74 Å². The zero-order valence-electron chi connectivity index (χ0n) is 15.4. The first-order valence-corrected chi connectivity index (χ1v) is 9.54. The Balaban J connectivity index is 1.36. The molecule has 27 heavy (non-hydrogen) atoms. The second-order valence-electron chi connectivity index (χ2n) is 7.01. The molecule has 0 bridgehead atoms. The Morgan fingerprint density at radius 3 is 2.85 bits per heavy atom. The van der Waals surface area contributed by atoms with Gasteiger partial charge in [0.15, 0.2) is 0 Å². The molecular formula is C20H25N5O2. The van der Waals surface area contributed by atoms with Crippen LogP contribution in [-0.4, -0.2) is 46.7 Å². The maximum atomic E-state index is 12.5. The number of carbonyl (C=O) groups excluding carboxylic acids is 1. The highest BCUT2D eigenvalue weighted by Crippen LogP contribution is 2.19. The first kappa shape index (κ1) is 17.7. The quantitative estimate of drug-likeness (QED) is 0.867. The van der Waals surface area contributed by atoms with Crippen LogP contribution in [0.15, 0.2) is 36.5 Å². The molecule has 1 aromatic heterocycles. The first-order chi connectivity index (χ1) is 13.3. The predicted octanol–water partition coefficient (Wildman–Crippen LogP) is 2.34. The van der Waals surface area contributed by atoms with E-state index in [1.54, 1.807) is 0 Å². The Labute approximate surface area is 159 Å². The van der Waals surface area contributed by atoms with E-state index < -0.39 is 0 Å². The summed E-state index contributed by atoms with van der Waals surface area (Å²) in [5.41, 5.74) is 3.15. The Hall–Kier alpha value is -2.67. The highest BCUT2D eigenvalue weighted by molar-refractivity contribution is 5.74. The number of rotatable bonds is 4. The number of hydrogen-bond acceptors (Lipinski definition) is 5. The van der Waals surface area contributed by atoms with Crippen LogP contribution in [0.25, 0.3) is 0 Å². The molecule has 2 aliphatic heterocycles. The number of hydrogen-bond donors (Lipinski definition) is 2. The molecule has 0 saturated carbocycles. The highest BCUT2D eigenvalue weighted by Gasteiger charge is 2.23. The third kappa shape index (κ3) is 4.54. The van der Waals surface area contributed by atoms with E-state index in [-0.39, 0.29) is 6.03 Å². The van der Waals surface area contributed by atoms with Crippen molar-refractivity contribution < 1.29 is 9.53 Å². The van der Waals surface area contributed by atoms with E-state index in [9.17, 15) is 4.79 Å². The average Bonchev–Trinajstić information content (AvgIpc) is 2.73. The second-order valence-corrected chi connectivity index (χ2v) is 7.01. The number of nitrogens with one attached hydrogen (secondary N) is 2. The normalized spacial score (nSPS) is 17.3. The van der Waals surface area contributed by atoms with Crippen molar-refractivity contribution in [1.29, 1.82) is 0 Å². The van der Waals surface area contributed by atoms with Crippen LogP contribution in [0.3, 0.4) is 0 Å². The van der Waals surface area contributed by atoms with Crippen LogP contribution in [0.5, 0.6) is 0 Å². The molecule has 2 N–H and O–H groups in total. The van der Waals surface area contributed by atoms with Crippen molar-refractivity contribution in [3.05, 3.63) is 53.3 Å². The standard InChI is InChI=1S/C20H25N5O2/c26-20(22-12-15-4-2-1-3-5-15)25-9-6-16-13-21-19(24-18(16)14-25)23-17-7-10-27-11-8-17/h1-5,13,17H,6-12,14H2,(H,22,26)(H,21,23,24). The topological polar surface area (TPSA) is 79.4 Å². The first-order valence-electron chi connectivity index (χ1n) is 9.54. The molecule has 1 saturated heterocycles. The van der Waals surface area contributed by atoms with Gasteiger partial charge in [0, 0.05) is 38.5 Å². The zero-order chi connectivity index (χ0) is 18.5. The highest BCUT2D eigenvalue weighted by atomic mass is 16.5. The smallest absolute Gasteiger partial charge is 0.318 e. The molecule has 3 heterocycles. The van der Waals surface area contributed by atoms with Crippen LogP contribution in [0, 0.1) is 0 Å². The van der Waals surface area contributed by atoms with E-state index in [1.165, 1.54) is 0 Å². The summed E-state index contributed by atoms with van der Waals surface area (Å²) in [6, 6.07) is 10.2. The van der Waals surface area contributed by atoms with Gasteiger partial charge in [-0.05, 0) is 30.4 Å². The molecule has 0 radical (unpaired) electrons. The van der Waals surface area contributed by atoms with Gasteiger partial charge >= 0.3 is 6.03 Å². The molecule has 0 aliphatic carbocycles. The molecule has 7 heteroatoms. The lowest BCUT2D eigenvalue weighted by molar-refractivity contribution is 0.0903. The molecule has 1 aromatic carbocycles. The largest absolute Gasteiger partial charge is 0.381 e. The van der Waals surface area contributed by atoms with Crippen LogP contribution < -0.4 is 10.6 Å². The van der Waals surface area contributed by atoms with Crippen molar-refractivity contribution in [2.24, 2.45) is 0 Å². The molecule has 142 valence electrons. The van der Waals surface area contributed by atoms with Gasteiger partial charge in [-0.2, -0.15) is 0 Å². The lowest BCUT2D eigenvalue weighted by atomic mass is 10.1. The van der Waals surface area contributed by atoms with Gasteiger partial charge in [-0.3, -0.25) is 0 Å². The number of anilines is 1.